The molecule has 0 amide bonds. The Balaban J connectivity index is 2.12. The van der Waals surface area contributed by atoms with Crippen LogP contribution in [0.2, 0.25) is 0 Å². The highest BCUT2D eigenvalue weighted by molar-refractivity contribution is 9.10. The van der Waals surface area contributed by atoms with Crippen molar-refractivity contribution in [2.75, 3.05) is 6.54 Å². The third-order valence-electron chi connectivity index (χ3n) is 3.48. The van der Waals surface area contributed by atoms with Gasteiger partial charge in [0.1, 0.15) is 0 Å². The van der Waals surface area contributed by atoms with E-state index in [2.05, 4.69) is 28.2 Å². The molecule has 1 aromatic carbocycles. The number of rotatable bonds is 5. The summed E-state index contributed by atoms with van der Waals surface area (Å²) in [5, 5.41) is 3.42. The second-order valence-corrected chi connectivity index (χ2v) is 5.86. The van der Waals surface area contributed by atoms with Crippen LogP contribution in [-0.2, 0) is 12.6 Å². The van der Waals surface area contributed by atoms with Gasteiger partial charge in [0.2, 0.25) is 0 Å². The molecule has 1 unspecified atom stereocenters. The second kappa shape index (κ2) is 5.83. The lowest BCUT2D eigenvalue weighted by atomic mass is 10.0. The molecule has 0 bridgehead atoms. The molecule has 1 fully saturated rings. The van der Waals surface area contributed by atoms with Gasteiger partial charge in [0, 0.05) is 10.5 Å². The Labute approximate surface area is 119 Å². The first-order valence-electron chi connectivity index (χ1n) is 6.50. The van der Waals surface area contributed by atoms with Crippen molar-refractivity contribution < 1.29 is 13.2 Å². The summed E-state index contributed by atoms with van der Waals surface area (Å²) in [6.07, 6.45) is -1.07. The number of benzene rings is 1. The van der Waals surface area contributed by atoms with Gasteiger partial charge in [-0.25, -0.2) is 0 Å². The maximum Gasteiger partial charge on any atom is 0.416 e. The highest BCUT2D eigenvalue weighted by atomic mass is 79.9. The van der Waals surface area contributed by atoms with Crippen LogP contribution in [-0.4, -0.2) is 12.6 Å². The molecule has 0 radical (unpaired) electrons. The second-order valence-electron chi connectivity index (χ2n) is 5.01. The molecule has 0 aromatic heterocycles. The number of hydrogen-bond acceptors (Lipinski definition) is 1. The molecule has 1 aromatic rings. The van der Waals surface area contributed by atoms with Crippen LogP contribution in [0.25, 0.3) is 0 Å². The maximum absolute atomic E-state index is 12.6. The fourth-order valence-corrected chi connectivity index (χ4v) is 2.83. The molecular formula is C14H17BrF3N. The van der Waals surface area contributed by atoms with E-state index in [1.165, 1.54) is 18.9 Å². The van der Waals surface area contributed by atoms with E-state index in [9.17, 15) is 13.2 Å². The van der Waals surface area contributed by atoms with Crippen molar-refractivity contribution in [3.8, 4) is 0 Å². The summed E-state index contributed by atoms with van der Waals surface area (Å²) >= 11 is 3.26. The largest absolute Gasteiger partial charge is 0.416 e. The van der Waals surface area contributed by atoms with Crippen LogP contribution >= 0.6 is 15.9 Å². The number of alkyl halides is 3. The van der Waals surface area contributed by atoms with Gasteiger partial charge >= 0.3 is 6.18 Å². The lowest BCUT2D eigenvalue weighted by molar-refractivity contribution is -0.137. The Hall–Kier alpha value is -0.550. The van der Waals surface area contributed by atoms with Gasteiger partial charge in [0.05, 0.1) is 5.56 Å². The predicted octanol–water partition coefficient (Wildman–Crippen LogP) is 4.40. The minimum absolute atomic E-state index is 0.373. The maximum atomic E-state index is 12.6. The molecule has 1 aliphatic carbocycles. The smallest absolute Gasteiger partial charge is 0.314 e. The molecule has 0 spiro atoms. The van der Waals surface area contributed by atoms with Crippen LogP contribution in [0.1, 0.15) is 30.9 Å². The zero-order valence-corrected chi connectivity index (χ0v) is 12.3. The Bertz CT molecular complexity index is 441. The van der Waals surface area contributed by atoms with Crippen molar-refractivity contribution >= 4 is 15.9 Å². The first kappa shape index (κ1) is 14.9. The summed E-state index contributed by atoms with van der Waals surface area (Å²) < 4.78 is 38.3. The molecule has 0 aliphatic heterocycles. The summed E-state index contributed by atoms with van der Waals surface area (Å²) in [4.78, 5) is 0. The van der Waals surface area contributed by atoms with Gasteiger partial charge in [-0.05, 0) is 49.4 Å². The molecular weight excluding hydrogens is 319 g/mol. The molecule has 1 N–H and O–H groups in total. The molecule has 2 rings (SSSR count). The van der Waals surface area contributed by atoms with Crippen LogP contribution in [0, 0.1) is 5.92 Å². The van der Waals surface area contributed by atoms with E-state index in [0.717, 1.165) is 24.6 Å². The van der Waals surface area contributed by atoms with Crippen molar-refractivity contribution in [1.29, 1.82) is 0 Å². The third-order valence-corrected chi connectivity index (χ3v) is 4.22. The Morgan fingerprint density at radius 1 is 1.37 bits per heavy atom. The summed E-state index contributed by atoms with van der Waals surface area (Å²) in [6, 6.07) is 4.29. The van der Waals surface area contributed by atoms with Crippen molar-refractivity contribution in [2.24, 2.45) is 5.92 Å². The highest BCUT2D eigenvalue weighted by Crippen LogP contribution is 2.36. The summed E-state index contributed by atoms with van der Waals surface area (Å²) in [5.41, 5.74) is 0.334. The van der Waals surface area contributed by atoms with E-state index < -0.39 is 11.7 Å². The standard InChI is InChI=1S/C14H17BrF3N/c1-2-19-13(9-3-4-9)7-10-5-6-11(8-12(10)15)14(16,17)18/h5-6,8-9,13,19H,2-4,7H2,1H3. The van der Waals surface area contributed by atoms with Crippen LogP contribution in [0.4, 0.5) is 13.2 Å². The molecule has 19 heavy (non-hydrogen) atoms. The van der Waals surface area contributed by atoms with Gasteiger partial charge in [-0.3, -0.25) is 0 Å². The van der Waals surface area contributed by atoms with E-state index in [1.807, 2.05) is 0 Å². The lowest BCUT2D eigenvalue weighted by Gasteiger charge is -2.18. The van der Waals surface area contributed by atoms with Crippen LogP contribution < -0.4 is 5.32 Å². The first-order valence-corrected chi connectivity index (χ1v) is 7.30. The van der Waals surface area contributed by atoms with Gasteiger partial charge in [0.25, 0.3) is 0 Å². The SMILES string of the molecule is CCNC(Cc1ccc(C(F)(F)F)cc1Br)C1CC1. The monoisotopic (exact) mass is 335 g/mol. The molecule has 106 valence electrons. The Morgan fingerprint density at radius 3 is 2.53 bits per heavy atom. The van der Waals surface area contributed by atoms with Crippen molar-refractivity contribution in [1.82, 2.24) is 5.32 Å². The average molecular weight is 336 g/mol. The Kier molecular flexibility index (Phi) is 4.56. The van der Waals surface area contributed by atoms with Crippen molar-refractivity contribution in [3.63, 3.8) is 0 Å². The van der Waals surface area contributed by atoms with Gasteiger partial charge in [-0.15, -0.1) is 0 Å². The number of hydrogen-bond donors (Lipinski definition) is 1. The first-order chi connectivity index (χ1) is 8.91. The molecule has 5 heteroatoms. The quantitative estimate of drug-likeness (QED) is 0.840. The van der Waals surface area contributed by atoms with Crippen LogP contribution in [0.15, 0.2) is 22.7 Å². The zero-order valence-electron chi connectivity index (χ0n) is 10.7. The average Bonchev–Trinajstić information content (AvgIpc) is 3.13. The van der Waals surface area contributed by atoms with E-state index in [-0.39, 0.29) is 0 Å². The molecule has 1 saturated carbocycles. The summed E-state index contributed by atoms with van der Waals surface area (Å²) in [7, 11) is 0. The highest BCUT2D eigenvalue weighted by Gasteiger charge is 2.33. The molecule has 1 atom stereocenters. The topological polar surface area (TPSA) is 12.0 Å². The molecule has 0 saturated heterocycles. The van der Waals surface area contributed by atoms with Gasteiger partial charge in [-0.2, -0.15) is 13.2 Å². The van der Waals surface area contributed by atoms with Gasteiger partial charge in [-0.1, -0.05) is 28.9 Å². The fraction of sp³-hybridized carbons (Fsp3) is 0.571. The van der Waals surface area contributed by atoms with Crippen molar-refractivity contribution in [3.05, 3.63) is 33.8 Å². The van der Waals surface area contributed by atoms with E-state index in [1.54, 1.807) is 6.07 Å². The minimum atomic E-state index is -4.28. The van der Waals surface area contributed by atoms with E-state index in [0.29, 0.717) is 16.4 Å². The van der Waals surface area contributed by atoms with Crippen LogP contribution in [0.3, 0.4) is 0 Å². The minimum Gasteiger partial charge on any atom is -0.314 e. The predicted molar refractivity (Wildman–Crippen MR) is 73.0 cm³/mol. The zero-order chi connectivity index (χ0) is 14.0. The fourth-order valence-electron chi connectivity index (χ4n) is 2.29. The van der Waals surface area contributed by atoms with Crippen LogP contribution in [0.5, 0.6) is 0 Å². The normalized spacial score (nSPS) is 17.5. The number of halogens is 4. The van der Waals surface area contributed by atoms with E-state index >= 15 is 0 Å². The molecule has 1 aliphatic rings. The van der Waals surface area contributed by atoms with Gasteiger partial charge in [0.15, 0.2) is 0 Å². The summed E-state index contributed by atoms with van der Waals surface area (Å²) in [5.74, 6) is 0.675. The molecule has 1 nitrogen and oxygen atoms in total. The number of likely N-dealkylation sites (N-methyl/N-ethyl adjacent to an activating group) is 1. The number of nitrogens with one attached hydrogen (secondary N) is 1. The third kappa shape index (κ3) is 3.96. The lowest BCUT2D eigenvalue weighted by Crippen LogP contribution is -2.33. The molecule has 0 heterocycles. The van der Waals surface area contributed by atoms with Gasteiger partial charge < -0.3 is 5.32 Å². The Morgan fingerprint density at radius 2 is 2.05 bits per heavy atom. The summed E-state index contributed by atoms with van der Waals surface area (Å²) in [6.45, 7) is 2.94. The van der Waals surface area contributed by atoms with E-state index in [4.69, 9.17) is 0 Å². The van der Waals surface area contributed by atoms with Crippen molar-refractivity contribution in [2.45, 2.75) is 38.4 Å².